The van der Waals surface area contributed by atoms with Crippen LogP contribution in [0.15, 0.2) is 22.7 Å². The smallest absolute Gasteiger partial charge is 0.124 e. The molecule has 19 heavy (non-hydrogen) atoms. The van der Waals surface area contributed by atoms with Crippen LogP contribution in [0.5, 0.6) is 0 Å². The number of benzene rings is 1. The lowest BCUT2D eigenvalue weighted by atomic mass is 10.0. The molecule has 1 aromatic carbocycles. The monoisotopic (exact) mass is 326 g/mol. The average molecular weight is 327 g/mol. The minimum atomic E-state index is -0.178. The molecule has 3 rings (SSSR count). The molecule has 1 N–H and O–H groups in total. The number of nitrogens with one attached hydrogen (secondary N) is 1. The second-order valence-corrected chi connectivity index (χ2v) is 6.73. The molecule has 1 saturated carbocycles. The molecule has 2 aliphatic rings. The van der Waals surface area contributed by atoms with Gasteiger partial charge in [0, 0.05) is 36.2 Å². The second kappa shape index (κ2) is 5.51. The topological polar surface area (TPSA) is 15.3 Å². The van der Waals surface area contributed by atoms with Crippen molar-refractivity contribution in [1.82, 2.24) is 10.2 Å². The van der Waals surface area contributed by atoms with E-state index < -0.39 is 0 Å². The fraction of sp³-hybridized carbons (Fsp3) is 0.600. The molecular formula is C15H20BrFN2. The molecule has 0 radical (unpaired) electrons. The Balaban J connectivity index is 1.75. The zero-order valence-electron chi connectivity index (χ0n) is 11.2. The van der Waals surface area contributed by atoms with E-state index in [1.54, 1.807) is 12.1 Å². The van der Waals surface area contributed by atoms with Crippen molar-refractivity contribution in [2.75, 3.05) is 13.1 Å². The fourth-order valence-electron chi connectivity index (χ4n) is 3.00. The zero-order valence-corrected chi connectivity index (χ0v) is 12.8. The van der Waals surface area contributed by atoms with Crippen LogP contribution in [0, 0.1) is 11.7 Å². The third-order valence-electron chi connectivity index (χ3n) is 4.21. The number of halogens is 2. The molecule has 1 saturated heterocycles. The Morgan fingerprint density at radius 1 is 1.42 bits per heavy atom. The minimum absolute atomic E-state index is 0.178. The van der Waals surface area contributed by atoms with Crippen molar-refractivity contribution in [2.24, 2.45) is 5.92 Å². The third kappa shape index (κ3) is 3.18. The van der Waals surface area contributed by atoms with Crippen molar-refractivity contribution >= 4 is 15.9 Å². The molecule has 2 atom stereocenters. The Bertz CT molecular complexity index is 461. The highest BCUT2D eigenvalue weighted by Gasteiger charge is 2.37. The normalized spacial score (nSPS) is 28.6. The van der Waals surface area contributed by atoms with Gasteiger partial charge in [-0.3, -0.25) is 4.90 Å². The van der Waals surface area contributed by atoms with Gasteiger partial charge in [0.15, 0.2) is 0 Å². The van der Waals surface area contributed by atoms with Gasteiger partial charge in [-0.25, -0.2) is 4.39 Å². The van der Waals surface area contributed by atoms with E-state index >= 15 is 0 Å². The number of piperazine rings is 1. The van der Waals surface area contributed by atoms with Gasteiger partial charge in [-0.2, -0.15) is 0 Å². The van der Waals surface area contributed by atoms with Crippen molar-refractivity contribution in [3.05, 3.63) is 34.1 Å². The summed E-state index contributed by atoms with van der Waals surface area (Å²) in [5, 5.41) is 3.58. The third-order valence-corrected chi connectivity index (χ3v) is 4.95. The first kappa shape index (κ1) is 13.5. The summed E-state index contributed by atoms with van der Waals surface area (Å²) in [5.74, 6) is 0.683. The lowest BCUT2D eigenvalue weighted by molar-refractivity contribution is 0.112. The van der Waals surface area contributed by atoms with E-state index in [1.165, 1.54) is 18.4 Å². The molecule has 104 valence electrons. The molecule has 1 heterocycles. The Labute approximate surface area is 122 Å². The van der Waals surface area contributed by atoms with Crippen molar-refractivity contribution in [2.45, 2.75) is 38.4 Å². The predicted molar refractivity (Wildman–Crippen MR) is 78.5 cm³/mol. The molecule has 4 heteroatoms. The van der Waals surface area contributed by atoms with Crippen LogP contribution >= 0.6 is 15.9 Å². The van der Waals surface area contributed by atoms with Crippen LogP contribution in [-0.2, 0) is 6.54 Å². The molecule has 2 fully saturated rings. The van der Waals surface area contributed by atoms with E-state index in [2.05, 4.69) is 33.1 Å². The molecule has 1 aromatic rings. The summed E-state index contributed by atoms with van der Waals surface area (Å²) < 4.78 is 14.0. The standard InChI is InChI=1S/C15H20BrFN2/c1-10-8-19(15(7-18-10)11-2-3-11)9-12-4-5-13(17)6-14(12)16/h4-6,10-11,15,18H,2-3,7-9H2,1H3. The quantitative estimate of drug-likeness (QED) is 0.917. The summed E-state index contributed by atoms with van der Waals surface area (Å²) in [6.07, 6.45) is 2.73. The summed E-state index contributed by atoms with van der Waals surface area (Å²) in [6, 6.07) is 6.20. The second-order valence-electron chi connectivity index (χ2n) is 5.88. The lowest BCUT2D eigenvalue weighted by Crippen LogP contribution is -2.55. The van der Waals surface area contributed by atoms with Crippen LogP contribution < -0.4 is 5.32 Å². The Kier molecular flexibility index (Phi) is 3.92. The van der Waals surface area contributed by atoms with E-state index in [4.69, 9.17) is 0 Å². The van der Waals surface area contributed by atoms with Crippen LogP contribution in [0.1, 0.15) is 25.3 Å². The number of nitrogens with zero attached hydrogens (tertiary/aromatic N) is 1. The number of hydrogen-bond donors (Lipinski definition) is 1. The van der Waals surface area contributed by atoms with Crippen molar-refractivity contribution in [3.63, 3.8) is 0 Å². The summed E-state index contributed by atoms with van der Waals surface area (Å²) in [7, 11) is 0. The van der Waals surface area contributed by atoms with E-state index in [1.807, 2.05) is 6.07 Å². The minimum Gasteiger partial charge on any atom is -0.311 e. The van der Waals surface area contributed by atoms with Gasteiger partial charge >= 0.3 is 0 Å². The highest BCUT2D eigenvalue weighted by molar-refractivity contribution is 9.10. The molecule has 1 aliphatic heterocycles. The van der Waals surface area contributed by atoms with Gasteiger partial charge in [0.25, 0.3) is 0 Å². The highest BCUT2D eigenvalue weighted by Crippen LogP contribution is 2.37. The summed E-state index contributed by atoms with van der Waals surface area (Å²) in [4.78, 5) is 2.57. The summed E-state index contributed by atoms with van der Waals surface area (Å²) in [5.41, 5.74) is 1.18. The number of rotatable bonds is 3. The van der Waals surface area contributed by atoms with Gasteiger partial charge in [-0.1, -0.05) is 22.0 Å². The lowest BCUT2D eigenvalue weighted by Gasteiger charge is -2.40. The first-order valence-electron chi connectivity index (χ1n) is 7.05. The van der Waals surface area contributed by atoms with Crippen molar-refractivity contribution in [1.29, 1.82) is 0 Å². The summed E-state index contributed by atoms with van der Waals surface area (Å²) in [6.45, 7) is 5.31. The fourth-order valence-corrected chi connectivity index (χ4v) is 3.48. The zero-order chi connectivity index (χ0) is 13.4. The Morgan fingerprint density at radius 3 is 2.89 bits per heavy atom. The van der Waals surface area contributed by atoms with Crippen molar-refractivity contribution in [3.8, 4) is 0 Å². The predicted octanol–water partition coefficient (Wildman–Crippen LogP) is 3.16. The first-order chi connectivity index (χ1) is 9.13. The van der Waals surface area contributed by atoms with Crippen LogP contribution in [-0.4, -0.2) is 30.1 Å². The maximum atomic E-state index is 13.1. The molecule has 0 aromatic heterocycles. The molecule has 0 amide bonds. The van der Waals surface area contributed by atoms with Gasteiger partial charge in [-0.15, -0.1) is 0 Å². The molecule has 1 aliphatic carbocycles. The maximum Gasteiger partial charge on any atom is 0.124 e. The van der Waals surface area contributed by atoms with Gasteiger partial charge < -0.3 is 5.32 Å². The van der Waals surface area contributed by atoms with Gasteiger partial charge in [-0.05, 0) is 43.4 Å². The Hall–Kier alpha value is -0.450. The van der Waals surface area contributed by atoms with Crippen LogP contribution in [0.4, 0.5) is 4.39 Å². The molecule has 0 spiro atoms. The van der Waals surface area contributed by atoms with E-state index in [-0.39, 0.29) is 5.82 Å². The number of hydrogen-bond acceptors (Lipinski definition) is 2. The Morgan fingerprint density at radius 2 is 2.21 bits per heavy atom. The highest BCUT2D eigenvalue weighted by atomic mass is 79.9. The van der Waals surface area contributed by atoms with E-state index in [9.17, 15) is 4.39 Å². The molecule has 2 unspecified atom stereocenters. The van der Waals surface area contributed by atoms with E-state index in [0.29, 0.717) is 12.1 Å². The SMILES string of the molecule is CC1CN(Cc2ccc(F)cc2Br)C(C2CC2)CN1. The van der Waals surface area contributed by atoms with E-state index in [0.717, 1.165) is 30.0 Å². The largest absolute Gasteiger partial charge is 0.311 e. The van der Waals surface area contributed by atoms with Crippen LogP contribution in [0.2, 0.25) is 0 Å². The van der Waals surface area contributed by atoms with Gasteiger partial charge in [0.2, 0.25) is 0 Å². The van der Waals surface area contributed by atoms with Crippen LogP contribution in [0.3, 0.4) is 0 Å². The van der Waals surface area contributed by atoms with Crippen LogP contribution in [0.25, 0.3) is 0 Å². The molecule has 2 nitrogen and oxygen atoms in total. The first-order valence-corrected chi connectivity index (χ1v) is 7.84. The maximum absolute atomic E-state index is 13.1. The molecule has 0 bridgehead atoms. The summed E-state index contributed by atoms with van der Waals surface area (Å²) >= 11 is 3.48. The van der Waals surface area contributed by atoms with Gasteiger partial charge in [0.1, 0.15) is 5.82 Å². The van der Waals surface area contributed by atoms with Gasteiger partial charge in [0.05, 0.1) is 0 Å². The van der Waals surface area contributed by atoms with Crippen molar-refractivity contribution < 1.29 is 4.39 Å². The average Bonchev–Trinajstić information content (AvgIpc) is 3.17. The molecular weight excluding hydrogens is 307 g/mol.